The van der Waals surface area contributed by atoms with Crippen LogP contribution in [0.2, 0.25) is 5.02 Å². The predicted molar refractivity (Wildman–Crippen MR) is 121 cm³/mol. The normalized spacial score (nSPS) is 18.8. The quantitative estimate of drug-likeness (QED) is 0.703. The van der Waals surface area contributed by atoms with Crippen LogP contribution in [0.4, 0.5) is 0 Å². The molecule has 1 saturated heterocycles. The van der Waals surface area contributed by atoms with Gasteiger partial charge >= 0.3 is 0 Å². The van der Waals surface area contributed by atoms with Crippen molar-refractivity contribution >= 4 is 17.5 Å². The van der Waals surface area contributed by atoms with Crippen molar-refractivity contribution in [3.8, 4) is 17.2 Å². The molecule has 0 N–H and O–H groups in total. The molecule has 2 aromatic rings. The van der Waals surface area contributed by atoms with Gasteiger partial charge in [-0.05, 0) is 29.3 Å². The molecule has 0 unspecified atom stereocenters. The Balaban J connectivity index is 1.26. The van der Waals surface area contributed by atoms with Crippen LogP contribution in [0.3, 0.4) is 0 Å². The Kier molecular flexibility index (Phi) is 6.13. The zero-order valence-corrected chi connectivity index (χ0v) is 19.1. The molecule has 0 bridgehead atoms. The standard InChI is InChI=1S/C24H28ClN3O4/c1-17(29)28-6-4-26(5-7-28)13-18-2-3-22-20(10-18)15-27(8-9-30-22)14-19-11-23-24(12-21(19)25)32-16-31-23/h2-3,10-12H,4-9,13-16H2,1H3. The molecular weight excluding hydrogens is 430 g/mol. The lowest BCUT2D eigenvalue weighted by Gasteiger charge is -2.34. The first-order chi connectivity index (χ1) is 15.5. The highest BCUT2D eigenvalue weighted by Crippen LogP contribution is 2.37. The second-order valence-corrected chi connectivity index (χ2v) is 8.99. The second kappa shape index (κ2) is 9.17. The number of rotatable bonds is 4. The van der Waals surface area contributed by atoms with E-state index in [0.717, 1.165) is 69.4 Å². The fraction of sp³-hybridized carbons (Fsp3) is 0.458. The molecule has 5 rings (SSSR count). The summed E-state index contributed by atoms with van der Waals surface area (Å²) in [5, 5.41) is 0.693. The molecule has 3 heterocycles. The van der Waals surface area contributed by atoms with Gasteiger partial charge in [-0.1, -0.05) is 17.7 Å². The number of ether oxygens (including phenoxy) is 3. The van der Waals surface area contributed by atoms with Crippen LogP contribution >= 0.6 is 11.6 Å². The second-order valence-electron chi connectivity index (χ2n) is 8.58. The average molecular weight is 458 g/mol. The molecular formula is C24H28ClN3O4. The van der Waals surface area contributed by atoms with Gasteiger partial charge in [0, 0.05) is 75.9 Å². The lowest BCUT2D eigenvalue weighted by Crippen LogP contribution is -2.47. The fourth-order valence-electron chi connectivity index (χ4n) is 4.54. The third kappa shape index (κ3) is 4.65. The number of halogens is 1. The Morgan fingerprint density at radius 1 is 0.906 bits per heavy atom. The van der Waals surface area contributed by atoms with Crippen LogP contribution in [0.5, 0.6) is 17.2 Å². The van der Waals surface area contributed by atoms with Crippen molar-refractivity contribution in [1.82, 2.24) is 14.7 Å². The minimum absolute atomic E-state index is 0.162. The molecule has 0 atom stereocenters. The molecule has 1 amide bonds. The summed E-state index contributed by atoms with van der Waals surface area (Å²) in [5.74, 6) is 2.57. The molecule has 7 nitrogen and oxygen atoms in total. The molecule has 0 aromatic heterocycles. The molecule has 3 aliphatic rings. The molecule has 0 saturated carbocycles. The molecule has 32 heavy (non-hydrogen) atoms. The van der Waals surface area contributed by atoms with E-state index in [-0.39, 0.29) is 12.7 Å². The van der Waals surface area contributed by atoms with E-state index in [1.807, 2.05) is 17.0 Å². The number of hydrogen-bond donors (Lipinski definition) is 0. The van der Waals surface area contributed by atoms with Crippen molar-refractivity contribution in [3.05, 3.63) is 52.0 Å². The Hall–Kier alpha value is -2.48. The summed E-state index contributed by atoms with van der Waals surface area (Å²) in [6.07, 6.45) is 0. The van der Waals surface area contributed by atoms with Crippen LogP contribution in [0.1, 0.15) is 23.6 Å². The maximum atomic E-state index is 11.6. The summed E-state index contributed by atoms with van der Waals surface area (Å²) in [7, 11) is 0. The fourth-order valence-corrected chi connectivity index (χ4v) is 4.75. The maximum absolute atomic E-state index is 11.6. The predicted octanol–water partition coefficient (Wildman–Crippen LogP) is 3.13. The zero-order valence-electron chi connectivity index (χ0n) is 18.3. The minimum atomic E-state index is 0.162. The van der Waals surface area contributed by atoms with E-state index < -0.39 is 0 Å². The van der Waals surface area contributed by atoms with Gasteiger partial charge in [0.05, 0.1) is 0 Å². The van der Waals surface area contributed by atoms with Crippen LogP contribution in [0.25, 0.3) is 0 Å². The van der Waals surface area contributed by atoms with Gasteiger partial charge in [-0.25, -0.2) is 0 Å². The van der Waals surface area contributed by atoms with Crippen molar-refractivity contribution in [2.75, 3.05) is 46.1 Å². The smallest absolute Gasteiger partial charge is 0.231 e. The van der Waals surface area contributed by atoms with Gasteiger partial charge in [0.15, 0.2) is 11.5 Å². The van der Waals surface area contributed by atoms with Crippen LogP contribution in [0.15, 0.2) is 30.3 Å². The van der Waals surface area contributed by atoms with Gasteiger partial charge in [-0.15, -0.1) is 0 Å². The number of benzene rings is 2. The highest BCUT2D eigenvalue weighted by molar-refractivity contribution is 6.31. The molecule has 0 radical (unpaired) electrons. The molecule has 0 spiro atoms. The lowest BCUT2D eigenvalue weighted by atomic mass is 10.1. The van der Waals surface area contributed by atoms with Crippen LogP contribution in [0, 0.1) is 0 Å². The largest absolute Gasteiger partial charge is 0.492 e. The summed E-state index contributed by atoms with van der Waals surface area (Å²) < 4.78 is 17.0. The van der Waals surface area contributed by atoms with E-state index >= 15 is 0 Å². The Morgan fingerprint density at radius 2 is 1.69 bits per heavy atom. The van der Waals surface area contributed by atoms with Crippen LogP contribution in [-0.4, -0.2) is 66.7 Å². The third-order valence-electron chi connectivity index (χ3n) is 6.34. The van der Waals surface area contributed by atoms with Crippen molar-refractivity contribution in [3.63, 3.8) is 0 Å². The summed E-state index contributed by atoms with van der Waals surface area (Å²) in [6.45, 7) is 9.15. The number of fused-ring (bicyclic) bond motifs is 2. The minimum Gasteiger partial charge on any atom is -0.492 e. The number of nitrogens with zero attached hydrogens (tertiary/aromatic N) is 3. The third-order valence-corrected chi connectivity index (χ3v) is 6.70. The van der Waals surface area contributed by atoms with E-state index in [1.54, 1.807) is 6.92 Å². The van der Waals surface area contributed by atoms with Crippen LogP contribution in [-0.2, 0) is 24.4 Å². The SMILES string of the molecule is CC(=O)N1CCN(Cc2ccc3c(c2)CN(Cc2cc4c(cc2Cl)OCO4)CCO3)CC1. The number of amides is 1. The Morgan fingerprint density at radius 3 is 2.47 bits per heavy atom. The van der Waals surface area contributed by atoms with E-state index in [9.17, 15) is 4.79 Å². The summed E-state index contributed by atoms with van der Waals surface area (Å²) in [6, 6.07) is 10.3. The van der Waals surface area contributed by atoms with Crippen molar-refractivity contribution < 1.29 is 19.0 Å². The highest BCUT2D eigenvalue weighted by Gasteiger charge is 2.22. The van der Waals surface area contributed by atoms with Gasteiger partial charge in [0.2, 0.25) is 12.7 Å². The number of hydrogen-bond acceptors (Lipinski definition) is 6. The number of carbonyl (C=O) groups excluding carboxylic acids is 1. The first-order valence-electron chi connectivity index (χ1n) is 11.1. The van der Waals surface area contributed by atoms with Crippen molar-refractivity contribution in [2.24, 2.45) is 0 Å². The summed E-state index contributed by atoms with van der Waals surface area (Å²) in [4.78, 5) is 18.2. The molecule has 1 fully saturated rings. The lowest BCUT2D eigenvalue weighted by molar-refractivity contribution is -0.130. The Labute approximate surface area is 193 Å². The molecule has 3 aliphatic heterocycles. The van der Waals surface area contributed by atoms with Gasteiger partial charge < -0.3 is 19.1 Å². The number of carbonyl (C=O) groups is 1. The van der Waals surface area contributed by atoms with Crippen molar-refractivity contribution in [1.29, 1.82) is 0 Å². The Bertz CT molecular complexity index is 1010. The van der Waals surface area contributed by atoms with Gasteiger partial charge in [-0.2, -0.15) is 0 Å². The van der Waals surface area contributed by atoms with Crippen LogP contribution < -0.4 is 14.2 Å². The number of piperazine rings is 1. The topological polar surface area (TPSA) is 54.5 Å². The molecule has 2 aromatic carbocycles. The first-order valence-corrected chi connectivity index (χ1v) is 11.5. The van der Waals surface area contributed by atoms with E-state index in [2.05, 4.69) is 28.0 Å². The highest BCUT2D eigenvalue weighted by atomic mass is 35.5. The van der Waals surface area contributed by atoms with Gasteiger partial charge in [0.1, 0.15) is 12.4 Å². The van der Waals surface area contributed by atoms with Crippen molar-refractivity contribution in [2.45, 2.75) is 26.6 Å². The van der Waals surface area contributed by atoms with E-state index in [1.165, 1.54) is 11.1 Å². The average Bonchev–Trinajstić information content (AvgIpc) is 3.12. The maximum Gasteiger partial charge on any atom is 0.231 e. The zero-order chi connectivity index (χ0) is 22.1. The van der Waals surface area contributed by atoms with E-state index in [4.69, 9.17) is 25.8 Å². The molecule has 8 heteroatoms. The molecule has 170 valence electrons. The van der Waals surface area contributed by atoms with E-state index in [0.29, 0.717) is 17.4 Å². The van der Waals surface area contributed by atoms with Gasteiger partial charge in [0.25, 0.3) is 0 Å². The molecule has 0 aliphatic carbocycles. The monoisotopic (exact) mass is 457 g/mol. The summed E-state index contributed by atoms with van der Waals surface area (Å²) >= 11 is 6.51. The first kappa shape index (κ1) is 21.4. The van der Waals surface area contributed by atoms with Gasteiger partial charge in [-0.3, -0.25) is 14.6 Å². The summed E-state index contributed by atoms with van der Waals surface area (Å²) in [5.41, 5.74) is 3.49.